The summed E-state index contributed by atoms with van der Waals surface area (Å²) < 4.78 is 31.4. The summed E-state index contributed by atoms with van der Waals surface area (Å²) in [4.78, 5) is 3.35. The minimum atomic E-state index is -3.38. The van der Waals surface area contributed by atoms with E-state index in [2.05, 4.69) is 17.2 Å². The number of sulfonamides is 1. The second kappa shape index (κ2) is 6.51. The first kappa shape index (κ1) is 14.5. The quantitative estimate of drug-likeness (QED) is 0.749. The highest BCUT2D eigenvalue weighted by atomic mass is 32.2. The Morgan fingerprint density at radius 3 is 2.84 bits per heavy atom. The van der Waals surface area contributed by atoms with Crippen molar-refractivity contribution >= 4 is 10.0 Å². The molecule has 108 valence electrons. The maximum atomic E-state index is 12.4. The summed E-state index contributed by atoms with van der Waals surface area (Å²) in [5.41, 5.74) is 0.889. The number of hydrogen-bond donors (Lipinski definition) is 2. The highest BCUT2D eigenvalue weighted by Gasteiger charge is 2.27. The molecule has 1 aliphatic heterocycles. The zero-order chi connectivity index (χ0) is 13.7. The van der Waals surface area contributed by atoms with E-state index >= 15 is 0 Å². The number of rotatable bonds is 6. The molecule has 0 bridgehead atoms. The molecule has 0 unspecified atom stereocenters. The minimum absolute atomic E-state index is 0.336. The van der Waals surface area contributed by atoms with Crippen molar-refractivity contribution in [2.75, 3.05) is 32.8 Å². The van der Waals surface area contributed by atoms with Crippen molar-refractivity contribution in [1.82, 2.24) is 14.6 Å². The van der Waals surface area contributed by atoms with Crippen LogP contribution in [0.3, 0.4) is 0 Å². The van der Waals surface area contributed by atoms with E-state index < -0.39 is 10.0 Å². The van der Waals surface area contributed by atoms with Crippen LogP contribution in [0, 0.1) is 0 Å². The van der Waals surface area contributed by atoms with E-state index in [0.29, 0.717) is 37.7 Å². The molecule has 2 heterocycles. The topological polar surface area (TPSA) is 74.4 Å². The third-order valence-corrected chi connectivity index (χ3v) is 4.94. The maximum absolute atomic E-state index is 12.4. The van der Waals surface area contributed by atoms with Crippen molar-refractivity contribution in [3.05, 3.63) is 18.0 Å². The summed E-state index contributed by atoms with van der Waals surface area (Å²) in [6, 6.07) is 1.70. The molecule has 1 aliphatic rings. The van der Waals surface area contributed by atoms with Crippen molar-refractivity contribution in [3.63, 3.8) is 0 Å². The molecule has 0 aromatic carbocycles. The lowest BCUT2D eigenvalue weighted by molar-refractivity contribution is 0.0730. The van der Waals surface area contributed by atoms with Crippen LogP contribution in [0.25, 0.3) is 0 Å². The fourth-order valence-electron chi connectivity index (χ4n) is 2.01. The lowest BCUT2D eigenvalue weighted by atomic mass is 10.4. The Balaban J connectivity index is 2.03. The van der Waals surface area contributed by atoms with E-state index in [1.165, 1.54) is 4.31 Å². The Hall–Kier alpha value is -0.890. The van der Waals surface area contributed by atoms with E-state index in [1.807, 2.05) is 0 Å². The third-order valence-electron chi connectivity index (χ3n) is 3.07. The first-order chi connectivity index (χ1) is 9.14. The van der Waals surface area contributed by atoms with Crippen LogP contribution in [0.1, 0.15) is 19.0 Å². The molecular weight excluding hydrogens is 266 g/mol. The molecule has 2 rings (SSSR count). The van der Waals surface area contributed by atoms with E-state index in [1.54, 1.807) is 12.3 Å². The highest BCUT2D eigenvalue weighted by molar-refractivity contribution is 7.89. The molecule has 0 radical (unpaired) electrons. The van der Waals surface area contributed by atoms with E-state index in [9.17, 15) is 8.42 Å². The van der Waals surface area contributed by atoms with Crippen molar-refractivity contribution in [2.24, 2.45) is 0 Å². The van der Waals surface area contributed by atoms with E-state index in [0.717, 1.165) is 18.7 Å². The van der Waals surface area contributed by atoms with Gasteiger partial charge in [-0.05, 0) is 19.0 Å². The smallest absolute Gasteiger partial charge is 0.244 e. The average Bonchev–Trinajstić information content (AvgIpc) is 2.90. The lowest BCUT2D eigenvalue weighted by Gasteiger charge is -2.25. The van der Waals surface area contributed by atoms with Crippen LogP contribution in [0.5, 0.6) is 0 Å². The molecule has 19 heavy (non-hydrogen) atoms. The molecule has 1 aromatic rings. The van der Waals surface area contributed by atoms with Gasteiger partial charge in [-0.25, -0.2) is 8.42 Å². The van der Waals surface area contributed by atoms with Gasteiger partial charge in [0, 0.05) is 31.5 Å². The van der Waals surface area contributed by atoms with Crippen LogP contribution in [0.15, 0.2) is 17.2 Å². The molecule has 0 amide bonds. The standard InChI is InChI=1S/C12H21N3O3S/c1-2-3-13-9-11-8-12(10-14-11)19(16,17)15-4-6-18-7-5-15/h8,10,13-14H,2-7,9H2,1H3. The summed E-state index contributed by atoms with van der Waals surface area (Å²) in [5.74, 6) is 0. The lowest BCUT2D eigenvalue weighted by Crippen LogP contribution is -2.40. The number of nitrogens with zero attached hydrogens (tertiary/aromatic N) is 1. The number of aromatic nitrogens is 1. The molecule has 1 fully saturated rings. The van der Waals surface area contributed by atoms with Crippen LogP contribution in [-0.2, 0) is 21.3 Å². The largest absolute Gasteiger partial charge is 0.379 e. The monoisotopic (exact) mass is 287 g/mol. The van der Waals surface area contributed by atoms with Crippen molar-refractivity contribution in [3.8, 4) is 0 Å². The molecule has 1 saturated heterocycles. The SMILES string of the molecule is CCCNCc1cc(S(=O)(=O)N2CCOCC2)c[nH]1. The van der Waals surface area contributed by atoms with Gasteiger partial charge in [-0.3, -0.25) is 0 Å². The minimum Gasteiger partial charge on any atom is -0.379 e. The summed E-state index contributed by atoms with van der Waals surface area (Å²) >= 11 is 0. The van der Waals surface area contributed by atoms with Gasteiger partial charge in [0.2, 0.25) is 10.0 Å². The van der Waals surface area contributed by atoms with Crippen LogP contribution in [0.2, 0.25) is 0 Å². The predicted molar refractivity (Wildman–Crippen MR) is 72.4 cm³/mol. The summed E-state index contributed by atoms with van der Waals surface area (Å²) in [5, 5.41) is 3.24. The van der Waals surface area contributed by atoms with Crippen LogP contribution >= 0.6 is 0 Å². The van der Waals surface area contributed by atoms with Gasteiger partial charge < -0.3 is 15.0 Å². The molecule has 1 aromatic heterocycles. The Kier molecular flexibility index (Phi) is 4.98. The van der Waals surface area contributed by atoms with Gasteiger partial charge in [0.05, 0.1) is 18.1 Å². The molecular formula is C12H21N3O3S. The number of ether oxygens (including phenoxy) is 1. The van der Waals surface area contributed by atoms with Gasteiger partial charge in [-0.15, -0.1) is 0 Å². The van der Waals surface area contributed by atoms with Crippen molar-refractivity contribution in [2.45, 2.75) is 24.8 Å². The zero-order valence-corrected chi connectivity index (χ0v) is 12.0. The highest BCUT2D eigenvalue weighted by Crippen LogP contribution is 2.17. The number of nitrogens with one attached hydrogen (secondary N) is 2. The van der Waals surface area contributed by atoms with Crippen molar-refractivity contribution < 1.29 is 13.2 Å². The maximum Gasteiger partial charge on any atom is 0.244 e. The number of H-pyrrole nitrogens is 1. The van der Waals surface area contributed by atoms with Gasteiger partial charge in [0.25, 0.3) is 0 Å². The fourth-order valence-corrected chi connectivity index (χ4v) is 3.43. The van der Waals surface area contributed by atoms with Crippen LogP contribution in [-0.4, -0.2) is 50.6 Å². The molecule has 2 N–H and O–H groups in total. The normalized spacial score (nSPS) is 17.7. The summed E-state index contributed by atoms with van der Waals surface area (Å²) in [6.07, 6.45) is 2.62. The van der Waals surface area contributed by atoms with Gasteiger partial charge in [-0.1, -0.05) is 6.92 Å². The molecule has 0 saturated carbocycles. The van der Waals surface area contributed by atoms with Crippen LogP contribution < -0.4 is 5.32 Å². The van der Waals surface area contributed by atoms with Crippen LogP contribution in [0.4, 0.5) is 0 Å². The van der Waals surface area contributed by atoms with Gasteiger partial charge >= 0.3 is 0 Å². The van der Waals surface area contributed by atoms with E-state index in [-0.39, 0.29) is 0 Å². The first-order valence-corrected chi connectivity index (χ1v) is 8.04. The second-order valence-electron chi connectivity index (χ2n) is 4.55. The Morgan fingerprint density at radius 1 is 1.42 bits per heavy atom. The summed E-state index contributed by atoms with van der Waals surface area (Å²) in [7, 11) is -3.38. The predicted octanol–water partition coefficient (Wildman–Crippen LogP) is 0.535. The Morgan fingerprint density at radius 2 is 2.16 bits per heavy atom. The number of morpholine rings is 1. The zero-order valence-electron chi connectivity index (χ0n) is 11.2. The Labute approximate surface area is 114 Å². The fraction of sp³-hybridized carbons (Fsp3) is 0.667. The van der Waals surface area contributed by atoms with Gasteiger partial charge in [0.1, 0.15) is 0 Å². The Bertz CT molecular complexity index is 492. The van der Waals surface area contributed by atoms with Gasteiger partial charge in [-0.2, -0.15) is 4.31 Å². The molecule has 6 nitrogen and oxygen atoms in total. The molecule has 0 atom stereocenters. The number of aromatic amines is 1. The number of hydrogen-bond acceptors (Lipinski definition) is 4. The second-order valence-corrected chi connectivity index (χ2v) is 6.49. The van der Waals surface area contributed by atoms with Gasteiger partial charge in [0.15, 0.2) is 0 Å². The van der Waals surface area contributed by atoms with Crippen molar-refractivity contribution in [1.29, 1.82) is 0 Å². The van der Waals surface area contributed by atoms with E-state index in [4.69, 9.17) is 4.74 Å². The molecule has 0 spiro atoms. The summed E-state index contributed by atoms with van der Waals surface area (Å²) in [6.45, 7) is 5.46. The first-order valence-electron chi connectivity index (χ1n) is 6.60. The molecule has 0 aliphatic carbocycles. The third kappa shape index (κ3) is 3.56. The average molecular weight is 287 g/mol. The molecule has 7 heteroatoms.